The molecular formula is C13H25IO. The molecule has 0 atom stereocenters. The fourth-order valence-electron chi connectivity index (χ4n) is 1.60. The lowest BCUT2D eigenvalue weighted by Gasteiger charge is -2.03. The molecule has 0 aliphatic heterocycles. The van der Waals surface area contributed by atoms with E-state index in [-0.39, 0.29) is 0 Å². The maximum absolute atomic E-state index is 11.5. The van der Waals surface area contributed by atoms with Crippen molar-refractivity contribution in [3.63, 3.8) is 0 Å². The van der Waals surface area contributed by atoms with Crippen molar-refractivity contribution in [1.82, 2.24) is 0 Å². The van der Waals surface area contributed by atoms with Gasteiger partial charge in [0.2, 0.25) is 0 Å². The molecule has 0 aromatic carbocycles. The van der Waals surface area contributed by atoms with Crippen molar-refractivity contribution in [2.45, 2.75) is 65.2 Å². The van der Waals surface area contributed by atoms with Gasteiger partial charge in [0.05, 0.1) is 0 Å². The first-order chi connectivity index (χ1) is 7.16. The molecule has 15 heavy (non-hydrogen) atoms. The predicted molar refractivity (Wildman–Crippen MR) is 75.7 cm³/mol. The van der Waals surface area contributed by atoms with Crippen LogP contribution in [0, 0.1) is 5.92 Å². The van der Waals surface area contributed by atoms with Gasteiger partial charge < -0.3 is 0 Å². The van der Waals surface area contributed by atoms with Gasteiger partial charge in [0.25, 0.3) is 0 Å². The molecule has 0 saturated heterocycles. The van der Waals surface area contributed by atoms with Crippen molar-refractivity contribution in [2.24, 2.45) is 5.92 Å². The Morgan fingerprint density at radius 2 is 1.60 bits per heavy atom. The number of alkyl halides is 1. The monoisotopic (exact) mass is 324 g/mol. The number of hydrogen-bond donors (Lipinski definition) is 0. The van der Waals surface area contributed by atoms with Crippen LogP contribution in [0.3, 0.4) is 0 Å². The molecule has 2 heteroatoms. The van der Waals surface area contributed by atoms with Crippen LogP contribution in [-0.2, 0) is 4.79 Å². The maximum atomic E-state index is 11.5. The first kappa shape index (κ1) is 15.4. The number of ketones is 1. The number of unbranched alkanes of at least 4 members (excludes halogenated alkanes) is 3. The smallest absolute Gasteiger partial charge is 0.132 e. The van der Waals surface area contributed by atoms with Crippen molar-refractivity contribution < 1.29 is 4.79 Å². The Morgan fingerprint density at radius 3 is 2.20 bits per heavy atom. The Kier molecular flexibility index (Phi) is 11.2. The maximum Gasteiger partial charge on any atom is 0.132 e. The molecule has 0 aromatic heterocycles. The Labute approximate surface area is 109 Å². The number of hydrogen-bond acceptors (Lipinski definition) is 1. The van der Waals surface area contributed by atoms with E-state index in [1.54, 1.807) is 0 Å². The first-order valence-corrected chi connectivity index (χ1v) is 7.77. The van der Waals surface area contributed by atoms with Crippen molar-refractivity contribution >= 4 is 28.4 Å². The van der Waals surface area contributed by atoms with E-state index in [9.17, 15) is 4.79 Å². The molecule has 0 bridgehead atoms. The second-order valence-corrected chi connectivity index (χ2v) is 5.76. The van der Waals surface area contributed by atoms with Crippen molar-refractivity contribution in [3.8, 4) is 0 Å². The van der Waals surface area contributed by atoms with Gasteiger partial charge in [-0.2, -0.15) is 0 Å². The minimum Gasteiger partial charge on any atom is -0.300 e. The van der Waals surface area contributed by atoms with Gasteiger partial charge in [-0.3, -0.25) is 4.79 Å². The van der Waals surface area contributed by atoms with E-state index in [0.717, 1.165) is 31.6 Å². The van der Waals surface area contributed by atoms with E-state index < -0.39 is 0 Å². The fourth-order valence-corrected chi connectivity index (χ4v) is 2.14. The average Bonchev–Trinajstić information content (AvgIpc) is 2.17. The van der Waals surface area contributed by atoms with Gasteiger partial charge in [0.15, 0.2) is 0 Å². The first-order valence-electron chi connectivity index (χ1n) is 6.24. The SMILES string of the molecule is CC(C)CCCC(=O)CCCCCCI. The molecule has 0 N–H and O–H groups in total. The summed E-state index contributed by atoms with van der Waals surface area (Å²) in [5, 5.41) is 0. The highest BCUT2D eigenvalue weighted by Crippen LogP contribution is 2.10. The second-order valence-electron chi connectivity index (χ2n) is 4.68. The minimum absolute atomic E-state index is 0.477. The number of halogens is 1. The van der Waals surface area contributed by atoms with Gasteiger partial charge in [-0.05, 0) is 29.6 Å². The number of carbonyl (C=O) groups is 1. The van der Waals surface area contributed by atoms with E-state index in [1.807, 2.05) is 0 Å². The normalized spacial score (nSPS) is 10.9. The lowest BCUT2D eigenvalue weighted by atomic mass is 10.0. The van der Waals surface area contributed by atoms with Gasteiger partial charge in [0, 0.05) is 12.8 Å². The number of rotatable bonds is 10. The van der Waals surface area contributed by atoms with E-state index in [2.05, 4.69) is 36.4 Å². The summed E-state index contributed by atoms with van der Waals surface area (Å²) in [5.41, 5.74) is 0. The van der Waals surface area contributed by atoms with Gasteiger partial charge in [0.1, 0.15) is 5.78 Å². The minimum atomic E-state index is 0.477. The molecule has 0 aliphatic rings. The average molecular weight is 324 g/mol. The van der Waals surface area contributed by atoms with Gasteiger partial charge >= 0.3 is 0 Å². The van der Waals surface area contributed by atoms with Crippen LogP contribution in [0.1, 0.15) is 65.2 Å². The Bertz CT molecular complexity index is 155. The Hall–Kier alpha value is 0.400. The summed E-state index contributed by atoms with van der Waals surface area (Å²) >= 11 is 2.41. The Balaban J connectivity index is 3.19. The molecule has 0 spiro atoms. The van der Waals surface area contributed by atoms with Crippen LogP contribution in [0.15, 0.2) is 0 Å². The zero-order valence-corrected chi connectivity index (χ0v) is 12.4. The van der Waals surface area contributed by atoms with E-state index >= 15 is 0 Å². The van der Waals surface area contributed by atoms with Crippen LogP contribution in [0.4, 0.5) is 0 Å². The quantitative estimate of drug-likeness (QED) is 0.321. The number of carbonyl (C=O) groups excluding carboxylic acids is 1. The molecule has 0 rings (SSSR count). The third kappa shape index (κ3) is 12.3. The molecule has 0 heterocycles. The van der Waals surface area contributed by atoms with Crippen LogP contribution in [-0.4, -0.2) is 10.2 Å². The van der Waals surface area contributed by atoms with Crippen molar-refractivity contribution in [3.05, 3.63) is 0 Å². The molecule has 0 radical (unpaired) electrons. The van der Waals surface area contributed by atoms with Crippen LogP contribution in [0.25, 0.3) is 0 Å². The van der Waals surface area contributed by atoms with E-state index in [0.29, 0.717) is 5.78 Å². The molecule has 0 saturated carbocycles. The highest BCUT2D eigenvalue weighted by molar-refractivity contribution is 14.1. The summed E-state index contributed by atoms with van der Waals surface area (Å²) in [6.45, 7) is 4.43. The van der Waals surface area contributed by atoms with Crippen LogP contribution >= 0.6 is 22.6 Å². The number of Topliss-reactive ketones (excluding diaryl/α,β-unsaturated/α-hetero) is 1. The molecular weight excluding hydrogens is 299 g/mol. The summed E-state index contributed by atoms with van der Waals surface area (Å²) in [5.74, 6) is 1.21. The molecule has 90 valence electrons. The Morgan fingerprint density at radius 1 is 1.00 bits per heavy atom. The molecule has 0 fully saturated rings. The standard InChI is InChI=1S/C13H25IO/c1-12(2)8-7-10-13(15)9-5-3-4-6-11-14/h12H,3-11H2,1-2H3. The van der Waals surface area contributed by atoms with E-state index in [1.165, 1.54) is 30.1 Å². The van der Waals surface area contributed by atoms with Gasteiger partial charge in [-0.1, -0.05) is 55.7 Å². The molecule has 1 nitrogen and oxygen atoms in total. The zero-order valence-electron chi connectivity index (χ0n) is 10.2. The highest BCUT2D eigenvalue weighted by atomic mass is 127. The second kappa shape index (κ2) is 10.9. The molecule has 0 amide bonds. The summed E-state index contributed by atoms with van der Waals surface area (Å²) in [7, 11) is 0. The summed E-state index contributed by atoms with van der Waals surface area (Å²) < 4.78 is 1.25. The largest absolute Gasteiger partial charge is 0.300 e. The topological polar surface area (TPSA) is 17.1 Å². The van der Waals surface area contributed by atoms with Crippen LogP contribution < -0.4 is 0 Å². The summed E-state index contributed by atoms with van der Waals surface area (Å²) in [6.07, 6.45) is 8.86. The lowest BCUT2D eigenvalue weighted by Crippen LogP contribution is -1.99. The predicted octanol–water partition coefficient (Wildman–Crippen LogP) is 4.77. The molecule has 0 aliphatic carbocycles. The van der Waals surface area contributed by atoms with Crippen LogP contribution in [0.5, 0.6) is 0 Å². The highest BCUT2D eigenvalue weighted by Gasteiger charge is 2.02. The van der Waals surface area contributed by atoms with Gasteiger partial charge in [-0.25, -0.2) is 0 Å². The van der Waals surface area contributed by atoms with Gasteiger partial charge in [-0.15, -0.1) is 0 Å². The zero-order chi connectivity index (χ0) is 11.5. The fraction of sp³-hybridized carbons (Fsp3) is 0.923. The van der Waals surface area contributed by atoms with Crippen LogP contribution in [0.2, 0.25) is 0 Å². The van der Waals surface area contributed by atoms with Crippen molar-refractivity contribution in [2.75, 3.05) is 4.43 Å². The lowest BCUT2D eigenvalue weighted by molar-refractivity contribution is -0.119. The summed E-state index contributed by atoms with van der Waals surface area (Å²) in [6, 6.07) is 0. The van der Waals surface area contributed by atoms with E-state index in [4.69, 9.17) is 0 Å². The third-order valence-electron chi connectivity index (χ3n) is 2.58. The molecule has 0 aromatic rings. The third-order valence-corrected chi connectivity index (χ3v) is 3.34. The van der Waals surface area contributed by atoms with Crippen molar-refractivity contribution in [1.29, 1.82) is 0 Å². The summed E-state index contributed by atoms with van der Waals surface area (Å²) in [4.78, 5) is 11.5. The molecule has 0 unspecified atom stereocenters.